The second-order valence-electron chi connectivity index (χ2n) is 4.58. The van der Waals surface area contributed by atoms with Crippen molar-refractivity contribution in [2.24, 2.45) is 0 Å². The fourth-order valence-corrected chi connectivity index (χ4v) is 2.25. The first-order chi connectivity index (χ1) is 9.52. The van der Waals surface area contributed by atoms with Gasteiger partial charge in [-0.3, -0.25) is 4.79 Å². The largest absolute Gasteiger partial charge is 0.507 e. The van der Waals surface area contributed by atoms with Crippen LogP contribution in [0.5, 0.6) is 5.75 Å². The van der Waals surface area contributed by atoms with Gasteiger partial charge in [-0.15, -0.1) is 0 Å². The third-order valence-corrected chi connectivity index (χ3v) is 3.42. The van der Waals surface area contributed by atoms with E-state index in [1.54, 1.807) is 6.07 Å². The number of rotatable bonds is 3. The number of hydrogen-bond acceptors (Lipinski definition) is 2. The van der Waals surface area contributed by atoms with Crippen LogP contribution in [0.3, 0.4) is 0 Å². The fraction of sp³-hybridized carbons (Fsp3) is 0.188. The molecule has 0 atom stereocenters. The van der Waals surface area contributed by atoms with Crippen LogP contribution in [0.25, 0.3) is 0 Å². The van der Waals surface area contributed by atoms with Gasteiger partial charge in [0.25, 0.3) is 5.91 Å². The topological polar surface area (TPSA) is 49.3 Å². The minimum absolute atomic E-state index is 0.123. The minimum atomic E-state index is -0.344. The standard InChI is InChI=1S/C16H16ClNO2/c1-3-11-6-4-5-10(2)15(11)18-16(20)13-8-7-12(17)9-14(13)19/h4-9,19H,3H2,1-2H3,(H,18,20). The minimum Gasteiger partial charge on any atom is -0.507 e. The van der Waals surface area contributed by atoms with Gasteiger partial charge in [-0.2, -0.15) is 0 Å². The van der Waals surface area contributed by atoms with Crippen LogP contribution in [0.1, 0.15) is 28.4 Å². The Morgan fingerprint density at radius 3 is 2.70 bits per heavy atom. The van der Waals surface area contributed by atoms with Gasteiger partial charge < -0.3 is 10.4 Å². The summed E-state index contributed by atoms with van der Waals surface area (Å²) < 4.78 is 0. The number of amides is 1. The molecule has 0 radical (unpaired) electrons. The zero-order chi connectivity index (χ0) is 14.7. The summed E-state index contributed by atoms with van der Waals surface area (Å²) in [6, 6.07) is 10.3. The van der Waals surface area contributed by atoms with E-state index in [1.165, 1.54) is 12.1 Å². The van der Waals surface area contributed by atoms with Gasteiger partial charge in [0.2, 0.25) is 0 Å². The summed E-state index contributed by atoms with van der Waals surface area (Å²) in [6.45, 7) is 3.97. The molecule has 1 amide bonds. The Morgan fingerprint density at radius 1 is 1.30 bits per heavy atom. The molecule has 104 valence electrons. The summed E-state index contributed by atoms with van der Waals surface area (Å²) in [5.41, 5.74) is 3.06. The molecular weight excluding hydrogens is 274 g/mol. The van der Waals surface area contributed by atoms with E-state index in [0.717, 1.165) is 23.2 Å². The molecule has 20 heavy (non-hydrogen) atoms. The highest BCUT2D eigenvalue weighted by atomic mass is 35.5. The zero-order valence-corrected chi connectivity index (χ0v) is 12.2. The Morgan fingerprint density at radius 2 is 2.05 bits per heavy atom. The SMILES string of the molecule is CCc1cccc(C)c1NC(=O)c1ccc(Cl)cc1O. The average molecular weight is 290 g/mol. The molecule has 0 aliphatic carbocycles. The van der Waals surface area contributed by atoms with Gasteiger partial charge in [0.15, 0.2) is 0 Å². The van der Waals surface area contributed by atoms with Crippen LogP contribution in [0.2, 0.25) is 5.02 Å². The molecule has 3 nitrogen and oxygen atoms in total. The van der Waals surface area contributed by atoms with E-state index in [2.05, 4.69) is 5.32 Å². The average Bonchev–Trinajstić information content (AvgIpc) is 2.40. The predicted molar refractivity (Wildman–Crippen MR) is 81.6 cm³/mol. The highest BCUT2D eigenvalue weighted by Crippen LogP contribution is 2.25. The lowest BCUT2D eigenvalue weighted by molar-refractivity contribution is 0.102. The summed E-state index contributed by atoms with van der Waals surface area (Å²) in [5.74, 6) is -0.468. The van der Waals surface area contributed by atoms with Crippen molar-refractivity contribution in [1.82, 2.24) is 0 Å². The number of nitrogens with one attached hydrogen (secondary N) is 1. The van der Waals surface area contributed by atoms with E-state index in [-0.39, 0.29) is 17.2 Å². The van der Waals surface area contributed by atoms with Crippen LogP contribution >= 0.6 is 11.6 Å². The smallest absolute Gasteiger partial charge is 0.259 e. The molecule has 4 heteroatoms. The second-order valence-corrected chi connectivity index (χ2v) is 5.01. The van der Waals surface area contributed by atoms with Crippen LogP contribution in [-0.4, -0.2) is 11.0 Å². The summed E-state index contributed by atoms with van der Waals surface area (Å²) >= 11 is 5.76. The van der Waals surface area contributed by atoms with E-state index in [4.69, 9.17) is 11.6 Å². The van der Waals surface area contributed by atoms with Crippen molar-refractivity contribution < 1.29 is 9.90 Å². The van der Waals surface area contributed by atoms with Gasteiger partial charge >= 0.3 is 0 Å². The van der Waals surface area contributed by atoms with Gasteiger partial charge in [-0.05, 0) is 42.7 Å². The predicted octanol–water partition coefficient (Wildman–Crippen LogP) is 4.17. The second kappa shape index (κ2) is 5.97. The number of phenolic OH excluding ortho intramolecular Hbond substituents is 1. The summed E-state index contributed by atoms with van der Waals surface area (Å²) in [6.07, 6.45) is 0.823. The third-order valence-electron chi connectivity index (χ3n) is 3.18. The van der Waals surface area contributed by atoms with Crippen molar-refractivity contribution in [3.8, 4) is 5.75 Å². The molecule has 0 saturated heterocycles. The number of carbonyl (C=O) groups excluding carboxylic acids is 1. The Balaban J connectivity index is 2.33. The Bertz CT molecular complexity index is 653. The quantitative estimate of drug-likeness (QED) is 0.891. The van der Waals surface area contributed by atoms with Crippen molar-refractivity contribution in [2.75, 3.05) is 5.32 Å². The van der Waals surface area contributed by atoms with Crippen LogP contribution < -0.4 is 5.32 Å². The molecule has 2 aromatic rings. The molecule has 2 N–H and O–H groups in total. The Hall–Kier alpha value is -2.00. The van der Waals surface area contributed by atoms with Crippen LogP contribution in [0.4, 0.5) is 5.69 Å². The van der Waals surface area contributed by atoms with Gasteiger partial charge in [0.05, 0.1) is 5.56 Å². The molecule has 0 saturated carbocycles. The number of aryl methyl sites for hydroxylation is 2. The maximum absolute atomic E-state index is 12.3. The van der Waals surface area contributed by atoms with Crippen molar-refractivity contribution in [1.29, 1.82) is 0 Å². The molecule has 0 heterocycles. The summed E-state index contributed by atoms with van der Waals surface area (Å²) in [5, 5.41) is 13.0. The molecule has 0 aliphatic rings. The first kappa shape index (κ1) is 14.4. The number of aromatic hydroxyl groups is 1. The number of carbonyl (C=O) groups is 1. The monoisotopic (exact) mass is 289 g/mol. The van der Waals surface area contributed by atoms with Crippen molar-refractivity contribution in [3.05, 3.63) is 58.1 Å². The Labute approximate surface area is 123 Å². The van der Waals surface area contributed by atoms with Crippen molar-refractivity contribution in [3.63, 3.8) is 0 Å². The number of hydrogen-bond donors (Lipinski definition) is 2. The molecule has 0 bridgehead atoms. The first-order valence-corrected chi connectivity index (χ1v) is 6.79. The number of halogens is 1. The summed E-state index contributed by atoms with van der Waals surface area (Å²) in [4.78, 5) is 12.3. The normalized spacial score (nSPS) is 10.3. The molecular formula is C16H16ClNO2. The maximum Gasteiger partial charge on any atom is 0.259 e. The van der Waals surface area contributed by atoms with E-state index >= 15 is 0 Å². The molecule has 2 rings (SSSR count). The molecule has 0 fully saturated rings. The highest BCUT2D eigenvalue weighted by molar-refractivity contribution is 6.31. The van der Waals surface area contributed by atoms with E-state index in [0.29, 0.717) is 5.02 Å². The van der Waals surface area contributed by atoms with E-state index in [1.807, 2.05) is 32.0 Å². The van der Waals surface area contributed by atoms with Crippen molar-refractivity contribution in [2.45, 2.75) is 20.3 Å². The molecule has 0 aliphatic heterocycles. The lowest BCUT2D eigenvalue weighted by atomic mass is 10.1. The lowest BCUT2D eigenvalue weighted by Gasteiger charge is -2.13. The number of para-hydroxylation sites is 1. The van der Waals surface area contributed by atoms with Crippen LogP contribution in [0, 0.1) is 6.92 Å². The molecule has 0 spiro atoms. The van der Waals surface area contributed by atoms with Crippen LogP contribution in [0.15, 0.2) is 36.4 Å². The van der Waals surface area contributed by atoms with Gasteiger partial charge in [0.1, 0.15) is 5.75 Å². The van der Waals surface area contributed by atoms with Gasteiger partial charge in [-0.25, -0.2) is 0 Å². The van der Waals surface area contributed by atoms with E-state index < -0.39 is 0 Å². The molecule has 2 aromatic carbocycles. The molecule has 0 aromatic heterocycles. The van der Waals surface area contributed by atoms with Gasteiger partial charge in [0, 0.05) is 10.7 Å². The lowest BCUT2D eigenvalue weighted by Crippen LogP contribution is -2.14. The summed E-state index contributed by atoms with van der Waals surface area (Å²) in [7, 11) is 0. The first-order valence-electron chi connectivity index (χ1n) is 6.41. The number of phenols is 1. The fourth-order valence-electron chi connectivity index (χ4n) is 2.08. The zero-order valence-electron chi connectivity index (χ0n) is 11.4. The highest BCUT2D eigenvalue weighted by Gasteiger charge is 2.14. The molecule has 0 unspecified atom stereocenters. The third kappa shape index (κ3) is 2.94. The van der Waals surface area contributed by atoms with Crippen LogP contribution in [-0.2, 0) is 6.42 Å². The van der Waals surface area contributed by atoms with Gasteiger partial charge in [-0.1, -0.05) is 36.7 Å². The number of anilines is 1. The van der Waals surface area contributed by atoms with E-state index in [9.17, 15) is 9.90 Å². The number of benzene rings is 2. The maximum atomic E-state index is 12.3. The Kier molecular flexibility index (Phi) is 4.30. The van der Waals surface area contributed by atoms with Crippen molar-refractivity contribution >= 4 is 23.2 Å².